The van der Waals surface area contributed by atoms with Crippen LogP contribution in [0.15, 0.2) is 30.3 Å². The van der Waals surface area contributed by atoms with Gasteiger partial charge in [0.1, 0.15) is 0 Å². The quantitative estimate of drug-likeness (QED) is 0.478. The number of benzene rings is 1. The molecule has 0 aliphatic heterocycles. The fourth-order valence-corrected chi connectivity index (χ4v) is 1.16. The molecule has 0 nitrogen and oxygen atoms in total. The minimum Gasteiger partial charge on any atom is -0.153 e. The zero-order valence-electron chi connectivity index (χ0n) is 4.92. The molecule has 0 aliphatic rings. The van der Waals surface area contributed by atoms with Crippen LogP contribution in [-0.4, -0.2) is 5.26 Å². The third kappa shape index (κ3) is 2.11. The topological polar surface area (TPSA) is 0 Å². The summed E-state index contributed by atoms with van der Waals surface area (Å²) in [6.07, 6.45) is 0. The predicted octanol–water partition coefficient (Wildman–Crippen LogP) is 1.65. The van der Waals surface area contributed by atoms with Crippen LogP contribution < -0.4 is 5.46 Å². The molecule has 0 fully saturated rings. The molecule has 0 aliphatic carbocycles. The lowest BCUT2D eigenvalue weighted by Gasteiger charge is -1.95. The van der Waals surface area contributed by atoms with E-state index in [0.717, 1.165) is 0 Å². The van der Waals surface area contributed by atoms with Crippen LogP contribution in [0, 0.1) is 0 Å². The molecule has 3 heteroatoms. The van der Waals surface area contributed by atoms with Crippen molar-refractivity contribution in [2.75, 3.05) is 0 Å². The molecule has 46 valence electrons. The fraction of sp³-hybridized carbons (Fsp3) is 0. The van der Waals surface area contributed by atoms with Crippen LogP contribution in [0.2, 0.25) is 0 Å². The highest BCUT2D eigenvalue weighted by molar-refractivity contribution is 9.27. The third-order valence-corrected chi connectivity index (χ3v) is 2.03. The number of rotatable bonds is 1. The molecular weight excluding hydrogens is 194 g/mol. The van der Waals surface area contributed by atoms with Crippen LogP contribution >= 0.6 is 24.9 Å². The third-order valence-electron chi connectivity index (χ3n) is 1.12. The van der Waals surface area contributed by atoms with Crippen LogP contribution in [0.3, 0.4) is 0 Å². The summed E-state index contributed by atoms with van der Waals surface area (Å²) in [5, 5.41) is 0.388. The Bertz CT molecular complexity index is 176. The molecular formula is C6H7BBrP. The normalized spacial score (nSPS) is 9.11. The Morgan fingerprint density at radius 1 is 1.22 bits per heavy atom. The molecule has 0 radical (unpaired) electrons. The molecule has 1 unspecified atom stereocenters. The zero-order chi connectivity index (χ0) is 6.69. The molecule has 0 amide bonds. The van der Waals surface area contributed by atoms with Crippen molar-refractivity contribution in [1.82, 2.24) is 0 Å². The number of hydrogen-bond acceptors (Lipinski definition) is 0. The molecule has 0 aromatic heterocycles. The van der Waals surface area contributed by atoms with E-state index in [9.17, 15) is 0 Å². The van der Waals surface area contributed by atoms with Crippen LogP contribution in [-0.2, 0) is 0 Å². The average molecular weight is 201 g/mol. The lowest BCUT2D eigenvalue weighted by molar-refractivity contribution is 1.77. The molecule has 0 bridgehead atoms. The summed E-state index contributed by atoms with van der Waals surface area (Å²) in [4.78, 5) is 0. The molecule has 1 aromatic carbocycles. The average Bonchev–Trinajstić information content (AvgIpc) is 1.90. The van der Waals surface area contributed by atoms with E-state index >= 15 is 0 Å². The van der Waals surface area contributed by atoms with Gasteiger partial charge < -0.3 is 0 Å². The van der Waals surface area contributed by atoms with E-state index in [2.05, 4.69) is 37.0 Å². The lowest BCUT2D eigenvalue weighted by Crippen LogP contribution is -2.15. The van der Waals surface area contributed by atoms with E-state index in [0.29, 0.717) is 5.26 Å². The van der Waals surface area contributed by atoms with Crippen LogP contribution in [0.4, 0.5) is 0 Å². The van der Waals surface area contributed by atoms with Crippen LogP contribution in [0.5, 0.6) is 0 Å². The number of halogens is 1. The number of hydrogen-bond donors (Lipinski definition) is 0. The van der Waals surface area contributed by atoms with Gasteiger partial charge >= 0.3 is 0 Å². The van der Waals surface area contributed by atoms with Gasteiger partial charge in [0.2, 0.25) is 0 Å². The van der Waals surface area contributed by atoms with Crippen molar-refractivity contribution >= 4 is 35.6 Å². The second-order valence-electron chi connectivity index (χ2n) is 1.81. The van der Waals surface area contributed by atoms with Crippen LogP contribution in [0.1, 0.15) is 0 Å². The first-order chi connectivity index (χ1) is 4.30. The van der Waals surface area contributed by atoms with Crippen molar-refractivity contribution < 1.29 is 0 Å². The Balaban J connectivity index is 2.85. The molecule has 1 aromatic rings. The summed E-state index contributed by atoms with van der Waals surface area (Å²) in [5.41, 5.74) is 1.29. The summed E-state index contributed by atoms with van der Waals surface area (Å²) in [6.45, 7) is 0. The van der Waals surface area contributed by atoms with Gasteiger partial charge in [-0.15, -0.1) is 15.8 Å². The summed E-state index contributed by atoms with van der Waals surface area (Å²) in [6, 6.07) is 10.3. The van der Waals surface area contributed by atoms with Gasteiger partial charge in [-0.3, -0.25) is 0 Å². The maximum atomic E-state index is 3.45. The molecule has 1 rings (SSSR count). The largest absolute Gasteiger partial charge is 0.276 e. The summed E-state index contributed by atoms with van der Waals surface area (Å²) in [5.74, 6) is 0. The Morgan fingerprint density at radius 3 is 2.11 bits per heavy atom. The van der Waals surface area contributed by atoms with E-state index in [4.69, 9.17) is 0 Å². The van der Waals surface area contributed by atoms with Gasteiger partial charge in [0.05, 0.1) is 0 Å². The van der Waals surface area contributed by atoms with E-state index in [1.807, 2.05) is 18.2 Å². The lowest BCUT2D eigenvalue weighted by atomic mass is 9.94. The van der Waals surface area contributed by atoms with Crippen molar-refractivity contribution in [3.8, 4) is 0 Å². The monoisotopic (exact) mass is 200 g/mol. The van der Waals surface area contributed by atoms with Crippen molar-refractivity contribution in [3.05, 3.63) is 30.3 Å². The van der Waals surface area contributed by atoms with Gasteiger partial charge in [-0.25, -0.2) is 0 Å². The maximum absolute atomic E-state index is 3.45. The standard InChI is InChI=1S/C6H7BBrP/c8-7(9)6-4-2-1-3-5-6/h1-5H,9H2. The van der Waals surface area contributed by atoms with Crippen molar-refractivity contribution in [3.63, 3.8) is 0 Å². The zero-order valence-corrected chi connectivity index (χ0v) is 7.66. The maximum Gasteiger partial charge on any atom is 0.276 e. The Hall–Kier alpha value is 0.195. The molecule has 9 heavy (non-hydrogen) atoms. The first-order valence-corrected chi connectivity index (χ1v) is 4.33. The summed E-state index contributed by atoms with van der Waals surface area (Å²) >= 11 is 3.45. The second-order valence-corrected chi connectivity index (χ2v) is 4.44. The molecule has 0 saturated carbocycles. The Morgan fingerprint density at radius 2 is 1.78 bits per heavy atom. The smallest absolute Gasteiger partial charge is 0.153 e. The van der Waals surface area contributed by atoms with E-state index < -0.39 is 0 Å². The van der Waals surface area contributed by atoms with Crippen molar-refractivity contribution in [2.24, 2.45) is 0 Å². The van der Waals surface area contributed by atoms with E-state index in [1.165, 1.54) is 5.46 Å². The van der Waals surface area contributed by atoms with E-state index in [-0.39, 0.29) is 0 Å². The highest BCUT2D eigenvalue weighted by Crippen LogP contribution is 2.02. The van der Waals surface area contributed by atoms with Crippen LogP contribution in [0.25, 0.3) is 0 Å². The predicted molar refractivity (Wildman–Crippen MR) is 50.5 cm³/mol. The van der Waals surface area contributed by atoms with Gasteiger partial charge in [0.25, 0.3) is 5.26 Å². The van der Waals surface area contributed by atoms with Crippen molar-refractivity contribution in [1.29, 1.82) is 0 Å². The molecule has 0 N–H and O–H groups in total. The SMILES string of the molecule is PB(Br)c1ccccc1. The first-order valence-electron chi connectivity index (χ1n) is 2.75. The van der Waals surface area contributed by atoms with Gasteiger partial charge in [0, 0.05) is 0 Å². The summed E-state index contributed by atoms with van der Waals surface area (Å²) in [7, 11) is 2.69. The molecule has 0 saturated heterocycles. The summed E-state index contributed by atoms with van der Waals surface area (Å²) < 4.78 is 0. The minimum absolute atomic E-state index is 0.388. The second kappa shape index (κ2) is 3.38. The molecule has 0 spiro atoms. The highest BCUT2D eigenvalue weighted by atomic mass is 79.9. The van der Waals surface area contributed by atoms with Crippen molar-refractivity contribution in [2.45, 2.75) is 0 Å². The van der Waals surface area contributed by atoms with Gasteiger partial charge in [-0.05, 0) is 0 Å². The van der Waals surface area contributed by atoms with Gasteiger partial charge in [0.15, 0.2) is 0 Å². The molecule has 1 atom stereocenters. The minimum atomic E-state index is 0.388. The van der Waals surface area contributed by atoms with E-state index in [1.54, 1.807) is 0 Å². The highest BCUT2D eigenvalue weighted by Gasteiger charge is 2.01. The van der Waals surface area contributed by atoms with Gasteiger partial charge in [-0.1, -0.05) is 35.8 Å². The molecule has 0 heterocycles. The Kier molecular flexibility index (Phi) is 2.75. The fourth-order valence-electron chi connectivity index (χ4n) is 0.637. The van der Waals surface area contributed by atoms with Gasteiger partial charge in [-0.2, -0.15) is 9.12 Å². The first kappa shape index (κ1) is 7.30. The Labute approximate surface area is 66.3 Å².